The number of carbonyl (C=O) groups excluding carboxylic acids is 3. The lowest BCUT2D eigenvalue weighted by molar-refractivity contribution is -0.146. The summed E-state index contributed by atoms with van der Waals surface area (Å²) < 4.78 is 10.2. The standard InChI is InChI=1S/C15H25NO5/c1-5-20-13(18)10-11-6-8-16(9-7-12(11)17)14(19)21-15(2,3)4/h11H,5-10H2,1-4H3. The first-order chi connectivity index (χ1) is 9.73. The van der Waals surface area contributed by atoms with Gasteiger partial charge in [0.2, 0.25) is 0 Å². The van der Waals surface area contributed by atoms with Crippen LogP contribution in [-0.2, 0) is 19.1 Å². The van der Waals surface area contributed by atoms with E-state index in [0.717, 1.165) is 0 Å². The summed E-state index contributed by atoms with van der Waals surface area (Å²) in [5.74, 6) is -0.716. The molecular weight excluding hydrogens is 274 g/mol. The van der Waals surface area contributed by atoms with Gasteiger partial charge in [0.25, 0.3) is 0 Å². The summed E-state index contributed by atoms with van der Waals surface area (Å²) in [4.78, 5) is 37.1. The van der Waals surface area contributed by atoms with Crippen molar-refractivity contribution in [1.82, 2.24) is 4.90 Å². The quantitative estimate of drug-likeness (QED) is 0.747. The normalized spacial score (nSPS) is 19.9. The van der Waals surface area contributed by atoms with E-state index in [1.54, 1.807) is 27.7 Å². The molecule has 120 valence electrons. The molecule has 1 aliphatic rings. The molecule has 1 unspecified atom stereocenters. The molecule has 0 aromatic carbocycles. The van der Waals surface area contributed by atoms with Gasteiger partial charge in [-0.2, -0.15) is 0 Å². The number of esters is 1. The Morgan fingerprint density at radius 3 is 2.52 bits per heavy atom. The smallest absolute Gasteiger partial charge is 0.410 e. The lowest BCUT2D eigenvalue weighted by atomic mass is 9.96. The summed E-state index contributed by atoms with van der Waals surface area (Å²) in [5, 5.41) is 0. The fourth-order valence-electron chi connectivity index (χ4n) is 2.18. The van der Waals surface area contributed by atoms with E-state index in [1.807, 2.05) is 0 Å². The zero-order chi connectivity index (χ0) is 16.0. The molecule has 6 heteroatoms. The van der Waals surface area contributed by atoms with Gasteiger partial charge in [0.1, 0.15) is 11.4 Å². The van der Waals surface area contributed by atoms with E-state index in [9.17, 15) is 14.4 Å². The lowest BCUT2D eigenvalue weighted by Gasteiger charge is -2.26. The number of Topliss-reactive ketones (excluding diaryl/α,β-unsaturated/α-hetero) is 1. The molecular formula is C15H25NO5. The Hall–Kier alpha value is -1.59. The number of carbonyl (C=O) groups is 3. The molecule has 0 spiro atoms. The van der Waals surface area contributed by atoms with Gasteiger partial charge < -0.3 is 14.4 Å². The Bertz CT molecular complexity index is 399. The van der Waals surface area contributed by atoms with Gasteiger partial charge >= 0.3 is 12.1 Å². The van der Waals surface area contributed by atoms with Gasteiger partial charge in [0.05, 0.1) is 13.0 Å². The molecule has 0 aromatic rings. The van der Waals surface area contributed by atoms with Crippen molar-refractivity contribution >= 4 is 17.8 Å². The van der Waals surface area contributed by atoms with Crippen molar-refractivity contribution in [3.8, 4) is 0 Å². The molecule has 0 saturated carbocycles. The third kappa shape index (κ3) is 6.14. The van der Waals surface area contributed by atoms with Crippen LogP contribution in [-0.4, -0.2) is 48.0 Å². The van der Waals surface area contributed by atoms with E-state index < -0.39 is 11.7 Å². The second-order valence-corrected chi connectivity index (χ2v) is 6.18. The molecule has 1 heterocycles. The lowest BCUT2D eigenvalue weighted by Crippen LogP contribution is -2.37. The molecule has 21 heavy (non-hydrogen) atoms. The Morgan fingerprint density at radius 2 is 1.95 bits per heavy atom. The first-order valence-electron chi connectivity index (χ1n) is 7.39. The maximum atomic E-state index is 12.0. The van der Waals surface area contributed by atoms with Gasteiger partial charge in [-0.1, -0.05) is 0 Å². The molecule has 1 saturated heterocycles. The van der Waals surface area contributed by atoms with Crippen molar-refractivity contribution in [2.75, 3.05) is 19.7 Å². The number of likely N-dealkylation sites (tertiary alicyclic amines) is 1. The molecule has 0 radical (unpaired) electrons. The summed E-state index contributed by atoms with van der Waals surface area (Å²) in [6.45, 7) is 8.21. The van der Waals surface area contributed by atoms with Crippen LogP contribution in [0.25, 0.3) is 0 Å². The molecule has 6 nitrogen and oxygen atoms in total. The fourth-order valence-corrected chi connectivity index (χ4v) is 2.18. The molecule has 0 N–H and O–H groups in total. The van der Waals surface area contributed by atoms with Crippen LogP contribution in [0, 0.1) is 5.92 Å². The van der Waals surface area contributed by atoms with E-state index in [2.05, 4.69) is 0 Å². The van der Waals surface area contributed by atoms with Crippen LogP contribution in [0.15, 0.2) is 0 Å². The highest BCUT2D eigenvalue weighted by molar-refractivity contribution is 5.86. The number of hydrogen-bond acceptors (Lipinski definition) is 5. The minimum Gasteiger partial charge on any atom is -0.466 e. The van der Waals surface area contributed by atoms with Crippen LogP contribution < -0.4 is 0 Å². The maximum absolute atomic E-state index is 12.0. The second kappa shape index (κ2) is 7.43. The zero-order valence-corrected chi connectivity index (χ0v) is 13.3. The topological polar surface area (TPSA) is 72.9 Å². The first kappa shape index (κ1) is 17.5. The van der Waals surface area contributed by atoms with Crippen LogP contribution in [0.2, 0.25) is 0 Å². The van der Waals surface area contributed by atoms with Gasteiger partial charge in [-0.3, -0.25) is 9.59 Å². The minimum absolute atomic E-state index is 0.00844. The summed E-state index contributed by atoms with van der Waals surface area (Å²) in [6, 6.07) is 0. The van der Waals surface area contributed by atoms with Crippen molar-refractivity contribution in [3.05, 3.63) is 0 Å². The van der Waals surface area contributed by atoms with Crippen LogP contribution >= 0.6 is 0 Å². The van der Waals surface area contributed by atoms with Crippen LogP contribution in [0.1, 0.15) is 47.0 Å². The van der Waals surface area contributed by atoms with E-state index in [4.69, 9.17) is 9.47 Å². The van der Waals surface area contributed by atoms with Gasteiger partial charge in [-0.25, -0.2) is 4.79 Å². The number of rotatable bonds is 3. The summed E-state index contributed by atoms with van der Waals surface area (Å²) >= 11 is 0. The van der Waals surface area contributed by atoms with Crippen LogP contribution in [0.4, 0.5) is 4.79 Å². The maximum Gasteiger partial charge on any atom is 0.410 e. The highest BCUT2D eigenvalue weighted by Crippen LogP contribution is 2.20. The molecule has 0 aromatic heterocycles. The SMILES string of the molecule is CCOC(=O)CC1CCN(C(=O)OC(C)(C)C)CCC1=O. The first-order valence-corrected chi connectivity index (χ1v) is 7.39. The van der Waals surface area contributed by atoms with Crippen molar-refractivity contribution in [3.63, 3.8) is 0 Å². The number of hydrogen-bond donors (Lipinski definition) is 0. The molecule has 1 atom stereocenters. The van der Waals surface area contributed by atoms with Crippen molar-refractivity contribution in [2.24, 2.45) is 5.92 Å². The third-order valence-electron chi connectivity index (χ3n) is 3.20. The van der Waals surface area contributed by atoms with E-state index in [1.165, 1.54) is 4.90 Å². The highest BCUT2D eigenvalue weighted by atomic mass is 16.6. The Kier molecular flexibility index (Phi) is 6.18. The third-order valence-corrected chi connectivity index (χ3v) is 3.20. The second-order valence-electron chi connectivity index (χ2n) is 6.18. The average molecular weight is 299 g/mol. The van der Waals surface area contributed by atoms with E-state index in [0.29, 0.717) is 26.1 Å². The number of ether oxygens (including phenoxy) is 2. The highest BCUT2D eigenvalue weighted by Gasteiger charge is 2.30. The van der Waals surface area contributed by atoms with Gasteiger partial charge in [-0.05, 0) is 34.1 Å². The zero-order valence-electron chi connectivity index (χ0n) is 13.3. The Morgan fingerprint density at radius 1 is 1.29 bits per heavy atom. The molecule has 1 rings (SSSR count). The number of nitrogens with zero attached hydrogens (tertiary/aromatic N) is 1. The Labute approximate surface area is 125 Å². The monoisotopic (exact) mass is 299 g/mol. The predicted molar refractivity (Wildman–Crippen MR) is 76.8 cm³/mol. The molecule has 0 aliphatic carbocycles. The number of amides is 1. The Balaban J connectivity index is 2.57. The molecule has 0 bridgehead atoms. The van der Waals surface area contributed by atoms with Crippen LogP contribution in [0.5, 0.6) is 0 Å². The van der Waals surface area contributed by atoms with Crippen molar-refractivity contribution in [1.29, 1.82) is 0 Å². The fraction of sp³-hybridized carbons (Fsp3) is 0.800. The number of ketones is 1. The summed E-state index contributed by atoms with van der Waals surface area (Å²) in [5.41, 5.74) is -0.558. The largest absolute Gasteiger partial charge is 0.466 e. The summed E-state index contributed by atoms with van der Waals surface area (Å²) in [7, 11) is 0. The van der Waals surface area contributed by atoms with Gasteiger partial charge in [-0.15, -0.1) is 0 Å². The van der Waals surface area contributed by atoms with Crippen LogP contribution in [0.3, 0.4) is 0 Å². The minimum atomic E-state index is -0.558. The van der Waals surface area contributed by atoms with Crippen molar-refractivity contribution < 1.29 is 23.9 Å². The predicted octanol–water partition coefficient (Wildman–Crippen LogP) is 2.16. The summed E-state index contributed by atoms with van der Waals surface area (Å²) in [6.07, 6.45) is 0.404. The molecule has 1 aliphatic heterocycles. The van der Waals surface area contributed by atoms with E-state index in [-0.39, 0.29) is 30.5 Å². The van der Waals surface area contributed by atoms with Crippen molar-refractivity contribution in [2.45, 2.75) is 52.6 Å². The van der Waals surface area contributed by atoms with E-state index >= 15 is 0 Å². The van der Waals surface area contributed by atoms with Gasteiger partial charge in [0, 0.05) is 25.4 Å². The molecule has 1 amide bonds. The average Bonchev–Trinajstić information content (AvgIpc) is 2.51. The molecule has 1 fully saturated rings. The van der Waals surface area contributed by atoms with Gasteiger partial charge in [0.15, 0.2) is 0 Å².